The van der Waals surface area contributed by atoms with Crippen LogP contribution in [0.3, 0.4) is 0 Å². The first-order chi connectivity index (χ1) is 7.86. The van der Waals surface area contributed by atoms with E-state index in [9.17, 15) is 0 Å². The van der Waals surface area contributed by atoms with Gasteiger partial charge in [-0.2, -0.15) is 0 Å². The van der Waals surface area contributed by atoms with Gasteiger partial charge in [0.15, 0.2) is 0 Å². The summed E-state index contributed by atoms with van der Waals surface area (Å²) in [5.74, 6) is 0. The van der Waals surface area contributed by atoms with E-state index in [-0.39, 0.29) is 6.79 Å². The van der Waals surface area contributed by atoms with E-state index in [2.05, 4.69) is 0 Å². The van der Waals surface area contributed by atoms with Gasteiger partial charge in [-0.3, -0.25) is 0 Å². The molecule has 3 nitrogen and oxygen atoms in total. The summed E-state index contributed by atoms with van der Waals surface area (Å²) in [6.07, 6.45) is 0. The van der Waals surface area contributed by atoms with Crippen molar-refractivity contribution >= 4 is 0 Å². The quantitative estimate of drug-likeness (QED) is 0.758. The first-order valence-corrected chi connectivity index (χ1v) is 5.71. The van der Waals surface area contributed by atoms with Crippen molar-refractivity contribution in [3.8, 4) is 0 Å². The van der Waals surface area contributed by atoms with Crippen LogP contribution in [0.25, 0.3) is 0 Å². The summed E-state index contributed by atoms with van der Waals surface area (Å²) in [4.78, 5) is 0. The molecule has 3 heteroatoms. The molecule has 0 heterocycles. The standard InChI is InChI=1S/C11H16O3.C2H6/c1-2-13-7-10-3-5-11(6-4-10)8-14-9-12;1-2/h3-6,12H,2,7-9H2,1H3;1-2H3. The predicted molar refractivity (Wildman–Crippen MR) is 65.0 cm³/mol. The van der Waals surface area contributed by atoms with E-state index in [4.69, 9.17) is 14.6 Å². The number of hydrogen-bond acceptors (Lipinski definition) is 3. The van der Waals surface area contributed by atoms with Crippen molar-refractivity contribution in [2.75, 3.05) is 13.4 Å². The van der Waals surface area contributed by atoms with Gasteiger partial charge in [0.1, 0.15) is 6.79 Å². The number of rotatable bonds is 6. The maximum absolute atomic E-state index is 8.46. The molecule has 0 aliphatic heterocycles. The maximum atomic E-state index is 8.46. The first-order valence-electron chi connectivity index (χ1n) is 5.71. The molecule has 0 bridgehead atoms. The second-order valence-corrected chi connectivity index (χ2v) is 2.93. The highest BCUT2D eigenvalue weighted by atomic mass is 16.6. The lowest BCUT2D eigenvalue weighted by molar-refractivity contribution is -0.0112. The van der Waals surface area contributed by atoms with Gasteiger partial charge in [0.25, 0.3) is 0 Å². The summed E-state index contributed by atoms with van der Waals surface area (Å²) in [7, 11) is 0. The van der Waals surface area contributed by atoms with Crippen molar-refractivity contribution in [2.24, 2.45) is 0 Å². The SMILES string of the molecule is CC.CCOCc1ccc(COCO)cc1. The number of benzene rings is 1. The molecule has 0 aromatic heterocycles. The minimum Gasteiger partial charge on any atom is -0.377 e. The Balaban J connectivity index is 0.00000106. The lowest BCUT2D eigenvalue weighted by Gasteiger charge is -2.04. The Kier molecular flexibility index (Phi) is 10.0. The third kappa shape index (κ3) is 6.56. The van der Waals surface area contributed by atoms with E-state index in [0.717, 1.165) is 17.7 Å². The Hall–Kier alpha value is -0.900. The molecule has 0 saturated carbocycles. The van der Waals surface area contributed by atoms with Crippen LogP contribution in [0.1, 0.15) is 31.9 Å². The molecular formula is C13H22O3. The minimum absolute atomic E-state index is 0.235. The van der Waals surface area contributed by atoms with Gasteiger partial charge in [-0.1, -0.05) is 38.1 Å². The van der Waals surface area contributed by atoms with Crippen molar-refractivity contribution in [1.29, 1.82) is 0 Å². The molecule has 0 atom stereocenters. The van der Waals surface area contributed by atoms with Crippen LogP contribution in [0.5, 0.6) is 0 Å². The van der Waals surface area contributed by atoms with E-state index >= 15 is 0 Å². The van der Waals surface area contributed by atoms with Gasteiger partial charge in [0.05, 0.1) is 13.2 Å². The fourth-order valence-electron chi connectivity index (χ4n) is 1.12. The average molecular weight is 226 g/mol. The van der Waals surface area contributed by atoms with Crippen molar-refractivity contribution < 1.29 is 14.6 Å². The molecule has 0 saturated heterocycles. The highest BCUT2D eigenvalue weighted by molar-refractivity contribution is 5.21. The zero-order chi connectivity index (χ0) is 12.2. The highest BCUT2D eigenvalue weighted by Gasteiger charge is 1.94. The van der Waals surface area contributed by atoms with Crippen molar-refractivity contribution in [3.63, 3.8) is 0 Å². The summed E-state index contributed by atoms with van der Waals surface area (Å²) >= 11 is 0. The van der Waals surface area contributed by atoms with Gasteiger partial charge < -0.3 is 14.6 Å². The normalized spacial score (nSPS) is 9.50. The molecule has 92 valence electrons. The van der Waals surface area contributed by atoms with Gasteiger partial charge in [-0.25, -0.2) is 0 Å². The summed E-state index contributed by atoms with van der Waals surface area (Å²) in [5, 5.41) is 8.46. The molecule has 1 aromatic rings. The lowest BCUT2D eigenvalue weighted by Crippen LogP contribution is -1.95. The molecule has 16 heavy (non-hydrogen) atoms. The Morgan fingerprint density at radius 2 is 1.38 bits per heavy atom. The molecule has 1 N–H and O–H groups in total. The predicted octanol–water partition coefficient (Wildman–Crippen LogP) is 2.72. The Morgan fingerprint density at radius 1 is 0.938 bits per heavy atom. The highest BCUT2D eigenvalue weighted by Crippen LogP contribution is 2.06. The third-order valence-electron chi connectivity index (χ3n) is 1.86. The summed E-state index contributed by atoms with van der Waals surface area (Å²) in [5.41, 5.74) is 2.21. The molecule has 0 unspecified atom stereocenters. The Labute approximate surface area is 98.0 Å². The molecule has 1 rings (SSSR count). The van der Waals surface area contributed by atoms with Crippen molar-refractivity contribution in [3.05, 3.63) is 35.4 Å². The number of ether oxygens (including phenoxy) is 2. The lowest BCUT2D eigenvalue weighted by atomic mass is 10.1. The Morgan fingerprint density at radius 3 is 1.75 bits per heavy atom. The number of hydrogen-bond donors (Lipinski definition) is 1. The zero-order valence-electron chi connectivity index (χ0n) is 10.4. The van der Waals surface area contributed by atoms with E-state index < -0.39 is 0 Å². The molecule has 0 fully saturated rings. The zero-order valence-corrected chi connectivity index (χ0v) is 10.4. The maximum Gasteiger partial charge on any atom is 0.144 e. The van der Waals surface area contributed by atoms with Gasteiger partial charge in [0.2, 0.25) is 0 Å². The van der Waals surface area contributed by atoms with Crippen LogP contribution in [0.2, 0.25) is 0 Å². The molecule has 0 radical (unpaired) electrons. The van der Waals surface area contributed by atoms with E-state index in [1.54, 1.807) is 0 Å². The van der Waals surface area contributed by atoms with Crippen molar-refractivity contribution in [2.45, 2.75) is 34.0 Å². The topological polar surface area (TPSA) is 38.7 Å². The van der Waals surface area contributed by atoms with E-state index in [1.807, 2.05) is 45.0 Å². The molecular weight excluding hydrogens is 204 g/mol. The summed E-state index contributed by atoms with van der Waals surface area (Å²) < 4.78 is 10.1. The number of aliphatic hydroxyl groups excluding tert-OH is 1. The summed E-state index contributed by atoms with van der Waals surface area (Å²) in [6.45, 7) is 7.57. The smallest absolute Gasteiger partial charge is 0.144 e. The van der Waals surface area contributed by atoms with Crippen LogP contribution in [-0.2, 0) is 22.7 Å². The second-order valence-electron chi connectivity index (χ2n) is 2.93. The first kappa shape index (κ1) is 15.1. The van der Waals surface area contributed by atoms with Crippen molar-refractivity contribution in [1.82, 2.24) is 0 Å². The van der Waals surface area contributed by atoms with Crippen LogP contribution in [0.15, 0.2) is 24.3 Å². The fraction of sp³-hybridized carbons (Fsp3) is 0.538. The van der Waals surface area contributed by atoms with Crippen LogP contribution >= 0.6 is 0 Å². The van der Waals surface area contributed by atoms with Crippen LogP contribution < -0.4 is 0 Å². The molecule has 0 aliphatic rings. The summed E-state index contributed by atoms with van der Waals surface area (Å²) in [6, 6.07) is 7.96. The molecule has 0 amide bonds. The second kappa shape index (κ2) is 10.6. The fourth-order valence-corrected chi connectivity index (χ4v) is 1.12. The van der Waals surface area contributed by atoms with Gasteiger partial charge in [-0.05, 0) is 18.1 Å². The van der Waals surface area contributed by atoms with Gasteiger partial charge >= 0.3 is 0 Å². The largest absolute Gasteiger partial charge is 0.377 e. The van der Waals surface area contributed by atoms with Gasteiger partial charge in [0, 0.05) is 6.61 Å². The van der Waals surface area contributed by atoms with Crippen LogP contribution in [0, 0.1) is 0 Å². The Bertz CT molecular complexity index is 217. The molecule has 0 aliphatic carbocycles. The van der Waals surface area contributed by atoms with Crippen LogP contribution in [0.4, 0.5) is 0 Å². The molecule has 0 spiro atoms. The van der Waals surface area contributed by atoms with E-state index in [1.165, 1.54) is 0 Å². The minimum atomic E-state index is -0.235. The number of aliphatic hydroxyl groups is 1. The molecule has 1 aromatic carbocycles. The third-order valence-corrected chi connectivity index (χ3v) is 1.86. The van der Waals surface area contributed by atoms with E-state index in [0.29, 0.717) is 13.2 Å². The van der Waals surface area contributed by atoms with Gasteiger partial charge in [-0.15, -0.1) is 0 Å². The monoisotopic (exact) mass is 226 g/mol. The average Bonchev–Trinajstić information content (AvgIpc) is 2.37. The van der Waals surface area contributed by atoms with Crippen LogP contribution in [-0.4, -0.2) is 18.5 Å².